The van der Waals surface area contributed by atoms with Crippen LogP contribution in [0.25, 0.3) is 0 Å². The van der Waals surface area contributed by atoms with Crippen molar-refractivity contribution in [3.63, 3.8) is 0 Å². The van der Waals surface area contributed by atoms with Crippen LogP contribution in [-0.2, 0) is 11.3 Å². The molecular weight excluding hydrogens is 322 g/mol. The Morgan fingerprint density at radius 2 is 2.15 bits per heavy atom. The number of hydrogen-bond donors (Lipinski definition) is 1. The Bertz CT molecular complexity index is 556. The van der Waals surface area contributed by atoms with Crippen LogP contribution in [0.3, 0.4) is 0 Å². The van der Waals surface area contributed by atoms with Crippen molar-refractivity contribution in [1.29, 1.82) is 0 Å². The smallest absolute Gasteiger partial charge is 0.257 e. The second kappa shape index (κ2) is 7.11. The first kappa shape index (κ1) is 17.0. The third-order valence-corrected chi connectivity index (χ3v) is 3.24. The monoisotopic (exact) mass is 334 g/mol. The van der Waals surface area contributed by atoms with Crippen LogP contribution in [0, 0.1) is 0 Å². The van der Waals surface area contributed by atoms with Gasteiger partial charge in [0, 0.05) is 18.1 Å². The lowest BCUT2D eigenvalue weighted by Crippen LogP contribution is -2.38. The molecule has 0 unspecified atom stereocenters. The minimum absolute atomic E-state index is 0.0856. The van der Waals surface area contributed by atoms with Crippen molar-refractivity contribution in [1.82, 2.24) is 5.32 Å². The minimum Gasteiger partial charge on any atom is -0.349 e. The number of nitrogens with one attached hydrogen (secondary N) is 1. The first-order valence-corrected chi connectivity index (χ1v) is 6.92. The Morgan fingerprint density at radius 3 is 2.70 bits per heavy atom. The van der Waals surface area contributed by atoms with Crippen molar-refractivity contribution in [2.75, 3.05) is 0 Å². The van der Waals surface area contributed by atoms with E-state index in [1.54, 1.807) is 12.1 Å². The zero-order valence-electron chi connectivity index (χ0n) is 10.9. The summed E-state index contributed by atoms with van der Waals surface area (Å²) >= 11 is 16.8. The van der Waals surface area contributed by atoms with E-state index in [-0.39, 0.29) is 6.54 Å². The van der Waals surface area contributed by atoms with Gasteiger partial charge in [0.25, 0.3) is 5.91 Å². The second-order valence-electron chi connectivity index (χ2n) is 4.44. The number of nitrogens with zero attached hydrogens (tertiary/aromatic N) is 1. The van der Waals surface area contributed by atoms with E-state index in [9.17, 15) is 9.18 Å². The Labute approximate surface area is 132 Å². The van der Waals surface area contributed by atoms with Crippen molar-refractivity contribution < 1.29 is 9.18 Å². The number of carbonyl (C=O) groups excluding carboxylic acids is 1. The highest BCUT2D eigenvalue weighted by Crippen LogP contribution is 2.35. The van der Waals surface area contributed by atoms with E-state index >= 15 is 0 Å². The summed E-state index contributed by atoms with van der Waals surface area (Å²) in [5.41, 5.74) is -0.997. The van der Waals surface area contributed by atoms with Gasteiger partial charge in [0.05, 0.1) is 10.0 Å². The van der Waals surface area contributed by atoms with Crippen molar-refractivity contribution in [3.05, 3.63) is 27.7 Å². The van der Waals surface area contributed by atoms with Crippen molar-refractivity contribution >= 4 is 58.6 Å². The molecular formula is C13H13Cl2FN2OS. The van der Waals surface area contributed by atoms with Gasteiger partial charge in [0.2, 0.25) is 0 Å². The van der Waals surface area contributed by atoms with Gasteiger partial charge in [-0.2, -0.15) is 0 Å². The molecule has 1 rings (SSSR count). The highest BCUT2D eigenvalue weighted by Gasteiger charge is 2.26. The van der Waals surface area contributed by atoms with Gasteiger partial charge in [-0.1, -0.05) is 41.5 Å². The summed E-state index contributed by atoms with van der Waals surface area (Å²) in [5.74, 6) is -0.715. The predicted octanol–water partition coefficient (Wildman–Crippen LogP) is 4.06. The number of rotatable bonds is 5. The number of carbonyl (C=O) groups is 1. The third-order valence-electron chi connectivity index (χ3n) is 2.39. The number of hydrogen-bond acceptors (Lipinski definition) is 3. The molecule has 7 heteroatoms. The minimum atomic E-state index is -1.95. The van der Waals surface area contributed by atoms with E-state index in [0.29, 0.717) is 21.3 Å². The molecule has 1 amide bonds. The Balaban J connectivity index is 2.95. The van der Waals surface area contributed by atoms with Crippen LogP contribution in [0.15, 0.2) is 17.1 Å². The molecule has 20 heavy (non-hydrogen) atoms. The topological polar surface area (TPSA) is 41.5 Å². The first-order valence-electron chi connectivity index (χ1n) is 5.69. The fourth-order valence-electron chi connectivity index (χ4n) is 1.33. The molecule has 0 aliphatic heterocycles. The van der Waals surface area contributed by atoms with Gasteiger partial charge in [-0.15, -0.1) is 0 Å². The summed E-state index contributed by atoms with van der Waals surface area (Å²) in [5, 5.41) is 4.45. The summed E-state index contributed by atoms with van der Waals surface area (Å²) in [6, 6.07) is 3.25. The largest absolute Gasteiger partial charge is 0.349 e. The summed E-state index contributed by atoms with van der Waals surface area (Å²) in [6.45, 7) is 2.45. The van der Waals surface area contributed by atoms with E-state index in [1.807, 2.05) is 0 Å². The molecule has 0 aromatic heterocycles. The molecule has 108 valence electrons. The van der Waals surface area contributed by atoms with Crippen LogP contribution in [0.1, 0.15) is 19.4 Å². The molecule has 0 heterocycles. The van der Waals surface area contributed by atoms with Crippen molar-refractivity contribution in [3.8, 4) is 0 Å². The number of aliphatic imine (C=N–C) groups is 1. The van der Waals surface area contributed by atoms with Crippen LogP contribution >= 0.6 is 35.4 Å². The van der Waals surface area contributed by atoms with Crippen LogP contribution in [0.2, 0.25) is 10.0 Å². The Hall–Kier alpha value is -1.04. The molecule has 3 nitrogen and oxygen atoms in total. The molecule has 0 fully saturated rings. The number of thiocarbonyl (C=S) groups is 1. The number of halogens is 3. The Kier molecular flexibility index (Phi) is 6.05. The van der Waals surface area contributed by atoms with Crippen molar-refractivity contribution in [2.24, 2.45) is 4.99 Å². The average Bonchev–Trinajstić information content (AvgIpc) is 2.36. The molecule has 0 spiro atoms. The maximum Gasteiger partial charge on any atom is 0.257 e. The lowest BCUT2D eigenvalue weighted by molar-refractivity contribution is -0.130. The molecule has 0 aliphatic rings. The highest BCUT2D eigenvalue weighted by molar-refractivity contribution is 7.80. The maximum absolute atomic E-state index is 13.4. The van der Waals surface area contributed by atoms with Gasteiger partial charge in [-0.05, 0) is 25.5 Å². The number of amides is 1. The van der Waals surface area contributed by atoms with E-state index in [4.69, 9.17) is 23.2 Å². The summed E-state index contributed by atoms with van der Waals surface area (Å²) < 4.78 is 13.4. The van der Waals surface area contributed by atoms with Crippen LogP contribution in [-0.4, -0.2) is 23.2 Å². The van der Waals surface area contributed by atoms with Crippen LogP contribution in [0.4, 0.5) is 10.1 Å². The maximum atomic E-state index is 13.4. The van der Waals surface area contributed by atoms with Crippen LogP contribution < -0.4 is 5.32 Å². The Morgan fingerprint density at radius 1 is 1.50 bits per heavy atom. The van der Waals surface area contributed by atoms with E-state index < -0.39 is 11.6 Å². The molecule has 0 saturated heterocycles. The van der Waals surface area contributed by atoms with Gasteiger partial charge in [-0.3, -0.25) is 9.79 Å². The van der Waals surface area contributed by atoms with Gasteiger partial charge < -0.3 is 5.32 Å². The van der Waals surface area contributed by atoms with Gasteiger partial charge in [-0.25, -0.2) is 4.39 Å². The summed E-state index contributed by atoms with van der Waals surface area (Å²) in [6.07, 6.45) is 1.38. The zero-order chi connectivity index (χ0) is 15.3. The average molecular weight is 335 g/mol. The van der Waals surface area contributed by atoms with E-state index in [2.05, 4.69) is 22.5 Å². The molecule has 0 saturated carbocycles. The predicted molar refractivity (Wildman–Crippen MR) is 85.3 cm³/mol. The lowest BCUT2D eigenvalue weighted by Gasteiger charge is -2.15. The van der Waals surface area contributed by atoms with Gasteiger partial charge >= 0.3 is 0 Å². The molecule has 1 aromatic rings. The summed E-state index contributed by atoms with van der Waals surface area (Å²) in [7, 11) is 0. The molecule has 1 aromatic carbocycles. The normalized spacial score (nSPS) is 11.7. The fraction of sp³-hybridized carbons (Fsp3) is 0.308. The summed E-state index contributed by atoms with van der Waals surface area (Å²) in [4.78, 5) is 15.5. The molecule has 0 bridgehead atoms. The van der Waals surface area contributed by atoms with Gasteiger partial charge in [0.1, 0.15) is 5.69 Å². The first-order chi connectivity index (χ1) is 9.27. The third kappa shape index (κ3) is 4.51. The number of benzene rings is 1. The van der Waals surface area contributed by atoms with Gasteiger partial charge in [0.15, 0.2) is 5.67 Å². The molecule has 0 atom stereocenters. The SMILES string of the molecule is CC(C)(F)C(=O)NCc1ccc(Cl)c(N=CC=S)c1Cl. The second-order valence-corrected chi connectivity index (χ2v) is 5.50. The molecule has 0 radical (unpaired) electrons. The lowest BCUT2D eigenvalue weighted by atomic mass is 10.1. The zero-order valence-corrected chi connectivity index (χ0v) is 13.2. The molecule has 1 N–H and O–H groups in total. The fourth-order valence-corrected chi connectivity index (χ4v) is 1.92. The number of alkyl halides is 1. The molecule has 0 aliphatic carbocycles. The standard InChI is InChI=1S/C13H13Cl2FN2OS/c1-13(2,16)12(19)18-7-8-3-4-9(14)11(10(8)15)17-5-6-20/h3-6H,7H2,1-2H3,(H,18,19). The van der Waals surface area contributed by atoms with Crippen molar-refractivity contribution in [2.45, 2.75) is 26.1 Å². The van der Waals surface area contributed by atoms with E-state index in [1.165, 1.54) is 25.4 Å². The van der Waals surface area contributed by atoms with E-state index in [0.717, 1.165) is 0 Å². The van der Waals surface area contributed by atoms with Crippen LogP contribution in [0.5, 0.6) is 0 Å². The quantitative estimate of drug-likeness (QED) is 0.651. The highest BCUT2D eigenvalue weighted by atomic mass is 35.5.